The highest BCUT2D eigenvalue weighted by Crippen LogP contribution is 2.29. The zero-order chi connectivity index (χ0) is 16.9. The number of Topliss-reactive ketones (excluding diaryl/α,β-unsaturated/α-hetero) is 1. The minimum atomic E-state index is -3.40. The summed E-state index contributed by atoms with van der Waals surface area (Å²) in [6, 6.07) is 15.2. The molecule has 5 heteroatoms. The highest BCUT2D eigenvalue weighted by molar-refractivity contribution is 14.1. The molecule has 0 bridgehead atoms. The topological polar surface area (TPSA) is 26.3 Å². The summed E-state index contributed by atoms with van der Waals surface area (Å²) >= 11 is 1.89. The van der Waals surface area contributed by atoms with Crippen molar-refractivity contribution in [3.8, 4) is 5.75 Å². The molecular weight excluding hydrogens is 413 g/mol. The first-order valence-corrected chi connectivity index (χ1v) is 8.44. The Labute approximate surface area is 148 Å². The summed E-state index contributed by atoms with van der Waals surface area (Å²) in [5.41, 5.74) is 0.959. The van der Waals surface area contributed by atoms with Crippen molar-refractivity contribution in [3.05, 3.63) is 65.7 Å². The average Bonchev–Trinajstić information content (AvgIpc) is 2.53. The SMILES string of the molecule is Cc1ccc(C(=O)C(F)(F)CC(I)COc2ccccc2)cc1. The van der Waals surface area contributed by atoms with Gasteiger partial charge in [0.05, 0.1) is 3.92 Å². The number of carbonyl (C=O) groups excluding carboxylic acids is 1. The van der Waals surface area contributed by atoms with E-state index in [-0.39, 0.29) is 12.2 Å². The summed E-state index contributed by atoms with van der Waals surface area (Å²) in [4.78, 5) is 12.0. The van der Waals surface area contributed by atoms with Gasteiger partial charge in [0.2, 0.25) is 5.78 Å². The second kappa shape index (κ2) is 7.86. The Balaban J connectivity index is 1.93. The molecule has 0 radical (unpaired) electrons. The van der Waals surface area contributed by atoms with Gasteiger partial charge in [0.25, 0.3) is 0 Å². The second-order valence-corrected chi connectivity index (χ2v) is 7.09. The van der Waals surface area contributed by atoms with E-state index >= 15 is 0 Å². The lowest BCUT2D eigenvalue weighted by atomic mass is 10.0. The molecule has 1 atom stereocenters. The van der Waals surface area contributed by atoms with E-state index in [4.69, 9.17) is 4.74 Å². The van der Waals surface area contributed by atoms with Crippen molar-refractivity contribution in [2.24, 2.45) is 0 Å². The van der Waals surface area contributed by atoms with Crippen molar-refractivity contribution >= 4 is 28.4 Å². The summed E-state index contributed by atoms with van der Waals surface area (Å²) < 4.78 is 33.3. The van der Waals surface area contributed by atoms with E-state index in [1.165, 1.54) is 12.1 Å². The van der Waals surface area contributed by atoms with Gasteiger partial charge in [-0.3, -0.25) is 4.79 Å². The number of alkyl halides is 3. The van der Waals surface area contributed by atoms with E-state index in [2.05, 4.69) is 0 Å². The van der Waals surface area contributed by atoms with Gasteiger partial charge in [-0.25, -0.2) is 0 Å². The average molecular weight is 430 g/mol. The van der Waals surface area contributed by atoms with Crippen molar-refractivity contribution < 1.29 is 18.3 Å². The number of rotatable bonds is 7. The van der Waals surface area contributed by atoms with Crippen molar-refractivity contribution in [2.45, 2.75) is 23.2 Å². The second-order valence-electron chi connectivity index (χ2n) is 5.33. The Hall–Kier alpha value is -1.50. The normalized spacial score (nSPS) is 12.7. The van der Waals surface area contributed by atoms with Crippen molar-refractivity contribution in [1.29, 1.82) is 0 Å². The van der Waals surface area contributed by atoms with Crippen LogP contribution in [0.15, 0.2) is 54.6 Å². The van der Waals surface area contributed by atoms with E-state index < -0.39 is 22.1 Å². The lowest BCUT2D eigenvalue weighted by molar-refractivity contribution is 0.00385. The molecule has 2 nitrogen and oxygen atoms in total. The Morgan fingerprint density at radius 1 is 1.13 bits per heavy atom. The summed E-state index contributed by atoms with van der Waals surface area (Å²) in [5, 5.41) is 0. The highest BCUT2D eigenvalue weighted by atomic mass is 127. The summed E-state index contributed by atoms with van der Waals surface area (Å²) in [5.74, 6) is -3.91. The summed E-state index contributed by atoms with van der Waals surface area (Å²) in [7, 11) is 0. The van der Waals surface area contributed by atoms with Crippen LogP contribution >= 0.6 is 22.6 Å². The molecule has 2 aromatic carbocycles. The Kier molecular flexibility index (Phi) is 6.10. The van der Waals surface area contributed by atoms with Crippen LogP contribution in [0.2, 0.25) is 0 Å². The molecule has 0 aromatic heterocycles. The number of aryl methyl sites for hydroxylation is 1. The quantitative estimate of drug-likeness (QED) is 0.348. The monoisotopic (exact) mass is 430 g/mol. The van der Waals surface area contributed by atoms with Gasteiger partial charge in [-0.2, -0.15) is 8.78 Å². The van der Waals surface area contributed by atoms with Crippen LogP contribution < -0.4 is 4.74 Å². The fraction of sp³-hybridized carbons (Fsp3) is 0.278. The van der Waals surface area contributed by atoms with Gasteiger partial charge in [-0.1, -0.05) is 70.6 Å². The van der Waals surface area contributed by atoms with Crippen LogP contribution in [0.1, 0.15) is 22.3 Å². The fourth-order valence-electron chi connectivity index (χ4n) is 2.05. The van der Waals surface area contributed by atoms with Crippen molar-refractivity contribution in [3.63, 3.8) is 0 Å². The fourth-order valence-corrected chi connectivity index (χ4v) is 2.78. The molecular formula is C18H17F2IO2. The predicted octanol–water partition coefficient (Wildman–Crippen LogP) is 5.09. The number of ether oxygens (including phenoxy) is 1. The number of benzene rings is 2. The molecule has 0 aliphatic carbocycles. The van der Waals surface area contributed by atoms with Crippen LogP contribution in [0, 0.1) is 6.92 Å². The van der Waals surface area contributed by atoms with E-state index in [0.717, 1.165) is 5.56 Å². The molecule has 0 amide bonds. The van der Waals surface area contributed by atoms with E-state index in [0.29, 0.717) is 5.75 Å². The van der Waals surface area contributed by atoms with Gasteiger partial charge in [0, 0.05) is 12.0 Å². The van der Waals surface area contributed by atoms with Crippen molar-refractivity contribution in [1.82, 2.24) is 0 Å². The van der Waals surface area contributed by atoms with Gasteiger partial charge >= 0.3 is 5.92 Å². The van der Waals surface area contributed by atoms with Gasteiger partial charge in [0.1, 0.15) is 12.4 Å². The number of hydrogen-bond donors (Lipinski definition) is 0. The number of para-hydroxylation sites is 1. The van der Waals surface area contributed by atoms with Crippen molar-refractivity contribution in [2.75, 3.05) is 6.61 Å². The maximum atomic E-state index is 14.2. The first-order valence-electron chi connectivity index (χ1n) is 7.20. The molecule has 0 fully saturated rings. The van der Waals surface area contributed by atoms with E-state index in [9.17, 15) is 13.6 Å². The lowest BCUT2D eigenvalue weighted by Crippen LogP contribution is -2.33. The highest BCUT2D eigenvalue weighted by Gasteiger charge is 2.41. The molecule has 0 saturated carbocycles. The van der Waals surface area contributed by atoms with Crippen LogP contribution in [0.3, 0.4) is 0 Å². The maximum Gasteiger partial charge on any atom is 0.310 e. The molecule has 2 aromatic rings. The van der Waals surface area contributed by atoms with Crippen LogP contribution in [-0.2, 0) is 0 Å². The smallest absolute Gasteiger partial charge is 0.310 e. The maximum absolute atomic E-state index is 14.2. The predicted molar refractivity (Wildman–Crippen MR) is 94.8 cm³/mol. The summed E-state index contributed by atoms with van der Waals surface area (Å²) in [6.07, 6.45) is -0.549. The minimum absolute atomic E-state index is 0.0353. The summed E-state index contributed by atoms with van der Waals surface area (Å²) in [6.45, 7) is 1.97. The molecule has 122 valence electrons. The van der Waals surface area contributed by atoms with Crippen LogP contribution in [0.25, 0.3) is 0 Å². The van der Waals surface area contributed by atoms with Gasteiger partial charge < -0.3 is 4.74 Å². The van der Waals surface area contributed by atoms with Gasteiger partial charge in [-0.15, -0.1) is 0 Å². The largest absolute Gasteiger partial charge is 0.493 e. The number of halogens is 3. The molecule has 2 rings (SSSR count). The number of carbonyl (C=O) groups is 1. The zero-order valence-electron chi connectivity index (χ0n) is 12.6. The molecule has 0 heterocycles. The zero-order valence-corrected chi connectivity index (χ0v) is 14.8. The molecule has 0 aliphatic heterocycles. The molecule has 0 spiro atoms. The van der Waals surface area contributed by atoms with E-state index in [1.807, 2.05) is 47.7 Å². The molecule has 0 saturated heterocycles. The third-order valence-electron chi connectivity index (χ3n) is 3.30. The van der Waals surface area contributed by atoms with E-state index in [1.54, 1.807) is 24.3 Å². The third kappa shape index (κ3) is 5.27. The Bertz CT molecular complexity index is 642. The standard InChI is InChI=1S/C18H17F2IO2/c1-13-7-9-14(10-8-13)17(22)18(19,20)11-15(21)12-23-16-5-3-2-4-6-16/h2-10,15H,11-12H2,1H3. The number of ketones is 1. The van der Waals surface area contributed by atoms with Crippen LogP contribution in [0.4, 0.5) is 8.78 Å². The third-order valence-corrected chi connectivity index (χ3v) is 4.10. The molecule has 1 unspecified atom stereocenters. The Morgan fingerprint density at radius 3 is 2.35 bits per heavy atom. The molecule has 0 aliphatic rings. The van der Waals surface area contributed by atoms with Gasteiger partial charge in [0.15, 0.2) is 0 Å². The van der Waals surface area contributed by atoms with Crippen LogP contribution in [0.5, 0.6) is 5.75 Å². The van der Waals surface area contributed by atoms with Crippen LogP contribution in [-0.4, -0.2) is 22.2 Å². The number of hydrogen-bond acceptors (Lipinski definition) is 2. The first-order chi connectivity index (χ1) is 10.9. The van der Waals surface area contributed by atoms with Gasteiger partial charge in [-0.05, 0) is 19.1 Å². The molecule has 0 N–H and O–H groups in total. The molecule has 23 heavy (non-hydrogen) atoms. The first kappa shape index (κ1) is 17.8. The Morgan fingerprint density at radius 2 is 1.74 bits per heavy atom. The minimum Gasteiger partial charge on any atom is -0.493 e. The lowest BCUT2D eigenvalue weighted by Gasteiger charge is -2.19.